The van der Waals surface area contributed by atoms with Crippen molar-refractivity contribution < 1.29 is 9.53 Å². The third kappa shape index (κ3) is 4.02. The Morgan fingerprint density at radius 2 is 2.29 bits per heavy atom. The number of hydrogen-bond donors (Lipinski definition) is 2. The molecule has 1 aromatic rings. The van der Waals surface area contributed by atoms with Gasteiger partial charge in [-0.2, -0.15) is 0 Å². The summed E-state index contributed by atoms with van der Waals surface area (Å²) in [5.74, 6) is -0.439. The Hall–Kier alpha value is -1.07. The molecule has 1 unspecified atom stereocenters. The minimum absolute atomic E-state index is 0.241. The second-order valence-electron chi connectivity index (χ2n) is 3.97. The van der Waals surface area contributed by atoms with Crippen LogP contribution in [0.15, 0.2) is 28.7 Å². The normalized spacial score (nSPS) is 14.1. The van der Waals surface area contributed by atoms with Crippen molar-refractivity contribution in [1.82, 2.24) is 0 Å². The van der Waals surface area contributed by atoms with Crippen LogP contribution in [0, 0.1) is 0 Å². The lowest BCUT2D eigenvalue weighted by Gasteiger charge is -2.28. The number of carbonyl (C=O) groups excluding carboxylic acids is 1. The Labute approximate surface area is 110 Å². The monoisotopic (exact) mass is 300 g/mol. The summed E-state index contributed by atoms with van der Waals surface area (Å²) in [4.78, 5) is 11.5. The van der Waals surface area contributed by atoms with Gasteiger partial charge in [-0.3, -0.25) is 4.79 Å². The number of nitrogens with one attached hydrogen (secondary N) is 1. The van der Waals surface area contributed by atoms with Gasteiger partial charge in [-0.25, -0.2) is 0 Å². The van der Waals surface area contributed by atoms with E-state index in [9.17, 15) is 4.79 Å². The molecule has 0 aromatic heterocycles. The maximum atomic E-state index is 11.5. The second kappa shape index (κ2) is 6.02. The maximum Gasteiger partial charge on any atom is 0.245 e. The van der Waals surface area contributed by atoms with E-state index >= 15 is 0 Å². The highest BCUT2D eigenvalue weighted by atomic mass is 79.9. The number of ether oxygens (including phenoxy) is 1. The average Bonchev–Trinajstić information content (AvgIpc) is 2.26. The molecule has 0 spiro atoms. The van der Waals surface area contributed by atoms with E-state index in [1.165, 1.54) is 0 Å². The fourth-order valence-corrected chi connectivity index (χ4v) is 1.76. The molecule has 0 saturated carbocycles. The molecule has 1 atom stereocenters. The average molecular weight is 301 g/mol. The van der Waals surface area contributed by atoms with Gasteiger partial charge in [0.05, 0.1) is 6.61 Å². The van der Waals surface area contributed by atoms with Crippen LogP contribution in [0.4, 0.5) is 5.69 Å². The summed E-state index contributed by atoms with van der Waals surface area (Å²) in [5.41, 5.74) is 5.32. The van der Waals surface area contributed by atoms with E-state index in [0.717, 1.165) is 10.2 Å². The van der Waals surface area contributed by atoms with E-state index in [2.05, 4.69) is 21.2 Å². The molecule has 0 radical (unpaired) electrons. The number of amides is 1. The lowest BCUT2D eigenvalue weighted by atomic mass is 10.0. The molecule has 0 heterocycles. The number of benzene rings is 1. The molecule has 0 aliphatic heterocycles. The van der Waals surface area contributed by atoms with Gasteiger partial charge in [-0.05, 0) is 32.0 Å². The van der Waals surface area contributed by atoms with E-state index in [1.807, 2.05) is 31.2 Å². The van der Waals surface area contributed by atoms with Crippen molar-refractivity contribution in [2.75, 3.05) is 18.5 Å². The minimum Gasteiger partial charge on any atom is -0.379 e. The summed E-state index contributed by atoms with van der Waals surface area (Å²) in [5, 5.41) is 3.10. The van der Waals surface area contributed by atoms with Crippen LogP contribution in [0.25, 0.3) is 0 Å². The molecule has 4 nitrogen and oxygen atoms in total. The molecule has 17 heavy (non-hydrogen) atoms. The molecule has 0 aliphatic rings. The third-order valence-electron chi connectivity index (χ3n) is 2.38. The Bertz CT molecular complexity index is 398. The molecular formula is C12H17BrN2O2. The summed E-state index contributed by atoms with van der Waals surface area (Å²) in [6, 6.07) is 7.55. The second-order valence-corrected chi connectivity index (χ2v) is 4.88. The first-order valence-corrected chi connectivity index (χ1v) is 6.18. The first-order valence-electron chi connectivity index (χ1n) is 5.39. The SMILES string of the molecule is CCOCC(C)(Nc1cccc(Br)c1)C(N)=O. The van der Waals surface area contributed by atoms with Crippen molar-refractivity contribution in [1.29, 1.82) is 0 Å². The number of anilines is 1. The third-order valence-corrected chi connectivity index (χ3v) is 2.88. The molecule has 0 saturated heterocycles. The van der Waals surface area contributed by atoms with Gasteiger partial charge in [-0.15, -0.1) is 0 Å². The zero-order chi connectivity index (χ0) is 12.9. The predicted molar refractivity (Wildman–Crippen MR) is 71.9 cm³/mol. The molecule has 0 bridgehead atoms. The highest BCUT2D eigenvalue weighted by Gasteiger charge is 2.31. The largest absolute Gasteiger partial charge is 0.379 e. The molecular weight excluding hydrogens is 284 g/mol. The first kappa shape index (κ1) is 14.0. The van der Waals surface area contributed by atoms with Gasteiger partial charge < -0.3 is 15.8 Å². The number of primary amides is 1. The van der Waals surface area contributed by atoms with Gasteiger partial charge in [-0.1, -0.05) is 22.0 Å². The lowest BCUT2D eigenvalue weighted by Crippen LogP contribution is -2.51. The Morgan fingerprint density at radius 1 is 1.59 bits per heavy atom. The standard InChI is InChI=1S/C12H17BrN2O2/c1-3-17-8-12(2,11(14)16)15-10-6-4-5-9(13)7-10/h4-7,15H,3,8H2,1-2H3,(H2,14,16). The van der Waals surface area contributed by atoms with Gasteiger partial charge in [0.2, 0.25) is 5.91 Å². The maximum absolute atomic E-state index is 11.5. The van der Waals surface area contributed by atoms with Gasteiger partial charge in [0.15, 0.2) is 0 Å². The molecule has 1 aromatic carbocycles. The number of halogens is 1. The highest BCUT2D eigenvalue weighted by Crippen LogP contribution is 2.20. The molecule has 0 fully saturated rings. The number of hydrogen-bond acceptors (Lipinski definition) is 3. The van der Waals surface area contributed by atoms with Crippen molar-refractivity contribution >= 4 is 27.5 Å². The van der Waals surface area contributed by atoms with Crippen LogP contribution in [-0.2, 0) is 9.53 Å². The van der Waals surface area contributed by atoms with Gasteiger partial charge in [0.25, 0.3) is 0 Å². The molecule has 5 heteroatoms. The van der Waals surface area contributed by atoms with Crippen LogP contribution in [0.2, 0.25) is 0 Å². The Morgan fingerprint density at radius 3 is 2.82 bits per heavy atom. The Kier molecular flexibility index (Phi) is 4.96. The highest BCUT2D eigenvalue weighted by molar-refractivity contribution is 9.10. The summed E-state index contributed by atoms with van der Waals surface area (Å²) in [6.07, 6.45) is 0. The van der Waals surface area contributed by atoms with Gasteiger partial charge in [0, 0.05) is 16.8 Å². The van der Waals surface area contributed by atoms with Crippen LogP contribution in [0.3, 0.4) is 0 Å². The van der Waals surface area contributed by atoms with Crippen molar-refractivity contribution in [3.63, 3.8) is 0 Å². The number of rotatable bonds is 6. The first-order chi connectivity index (χ1) is 7.98. The predicted octanol–water partition coefficient (Wildman–Crippen LogP) is 2.14. The smallest absolute Gasteiger partial charge is 0.245 e. The van der Waals surface area contributed by atoms with Crippen molar-refractivity contribution in [3.8, 4) is 0 Å². The van der Waals surface area contributed by atoms with Gasteiger partial charge >= 0.3 is 0 Å². The zero-order valence-corrected chi connectivity index (χ0v) is 11.6. The van der Waals surface area contributed by atoms with Crippen molar-refractivity contribution in [2.24, 2.45) is 5.73 Å². The summed E-state index contributed by atoms with van der Waals surface area (Å²) in [6.45, 7) is 4.39. The van der Waals surface area contributed by atoms with Gasteiger partial charge in [0.1, 0.15) is 5.54 Å². The van der Waals surface area contributed by atoms with Crippen LogP contribution >= 0.6 is 15.9 Å². The van der Waals surface area contributed by atoms with E-state index in [1.54, 1.807) is 6.92 Å². The van der Waals surface area contributed by atoms with E-state index in [4.69, 9.17) is 10.5 Å². The summed E-state index contributed by atoms with van der Waals surface area (Å²) >= 11 is 3.37. The van der Waals surface area contributed by atoms with Crippen LogP contribution < -0.4 is 11.1 Å². The van der Waals surface area contributed by atoms with Crippen molar-refractivity contribution in [2.45, 2.75) is 19.4 Å². The molecule has 1 rings (SSSR count). The quantitative estimate of drug-likeness (QED) is 0.846. The molecule has 0 aliphatic carbocycles. The fourth-order valence-electron chi connectivity index (χ4n) is 1.36. The number of nitrogens with two attached hydrogens (primary N) is 1. The minimum atomic E-state index is -0.906. The molecule has 1 amide bonds. The molecule has 3 N–H and O–H groups in total. The van der Waals surface area contributed by atoms with E-state index in [0.29, 0.717) is 6.61 Å². The van der Waals surface area contributed by atoms with E-state index in [-0.39, 0.29) is 6.61 Å². The summed E-state index contributed by atoms with van der Waals surface area (Å²) in [7, 11) is 0. The fraction of sp³-hybridized carbons (Fsp3) is 0.417. The molecule has 94 valence electrons. The number of carbonyl (C=O) groups is 1. The van der Waals surface area contributed by atoms with Crippen molar-refractivity contribution in [3.05, 3.63) is 28.7 Å². The Balaban J connectivity index is 2.83. The zero-order valence-electron chi connectivity index (χ0n) is 10.00. The van der Waals surface area contributed by atoms with Crippen LogP contribution in [0.1, 0.15) is 13.8 Å². The topological polar surface area (TPSA) is 64.3 Å². The summed E-state index contributed by atoms with van der Waals surface area (Å²) < 4.78 is 6.22. The van der Waals surface area contributed by atoms with Crippen LogP contribution in [-0.4, -0.2) is 24.7 Å². The lowest BCUT2D eigenvalue weighted by molar-refractivity contribution is -0.123. The van der Waals surface area contributed by atoms with Crippen LogP contribution in [0.5, 0.6) is 0 Å². The van der Waals surface area contributed by atoms with E-state index < -0.39 is 11.4 Å².